The first-order chi connectivity index (χ1) is 4.68. The molecule has 1 unspecified atom stereocenters. The Labute approximate surface area is 64.0 Å². The molecule has 2 N–H and O–H groups in total. The van der Waals surface area contributed by atoms with Gasteiger partial charge in [-0.25, -0.2) is 0 Å². The summed E-state index contributed by atoms with van der Waals surface area (Å²) in [6, 6.07) is 0.320. The van der Waals surface area contributed by atoms with Crippen LogP contribution in [0.4, 0.5) is 0 Å². The van der Waals surface area contributed by atoms with E-state index in [-0.39, 0.29) is 0 Å². The average molecular weight is 139 g/mol. The van der Waals surface area contributed by atoms with Gasteiger partial charge in [0.2, 0.25) is 0 Å². The molecule has 10 heavy (non-hydrogen) atoms. The summed E-state index contributed by atoms with van der Waals surface area (Å²) in [4.78, 5) is 0. The predicted octanol–water partition coefficient (Wildman–Crippen LogP) is 1.77. The van der Waals surface area contributed by atoms with E-state index in [2.05, 4.69) is 25.7 Å². The highest BCUT2D eigenvalue weighted by atomic mass is 14.6. The highest BCUT2D eigenvalue weighted by Gasteiger charge is 2.04. The number of hydrogen-bond acceptors (Lipinski definition) is 1. The molecule has 0 spiro atoms. The van der Waals surface area contributed by atoms with Crippen molar-refractivity contribution in [1.82, 2.24) is 0 Å². The summed E-state index contributed by atoms with van der Waals surface area (Å²) in [6.07, 6.45) is 1.97. The Bertz CT molecular complexity index is 127. The SMILES string of the molecule is CC#CCCC(N)C(C)C. The minimum Gasteiger partial charge on any atom is -0.327 e. The standard InChI is InChI=1S/C9H17N/c1-4-5-6-7-9(10)8(2)3/h8-9H,6-7,10H2,1-3H3. The number of hydrogen-bond donors (Lipinski definition) is 1. The molecule has 0 saturated heterocycles. The summed E-state index contributed by atoms with van der Waals surface area (Å²) in [6.45, 7) is 6.15. The maximum Gasteiger partial charge on any atom is 0.0103 e. The Kier molecular flexibility index (Phi) is 5.06. The smallest absolute Gasteiger partial charge is 0.0103 e. The largest absolute Gasteiger partial charge is 0.327 e. The maximum absolute atomic E-state index is 5.79. The van der Waals surface area contributed by atoms with Gasteiger partial charge in [-0.2, -0.15) is 0 Å². The lowest BCUT2D eigenvalue weighted by Crippen LogP contribution is -2.25. The van der Waals surface area contributed by atoms with Gasteiger partial charge in [0, 0.05) is 12.5 Å². The fourth-order valence-electron chi connectivity index (χ4n) is 0.697. The molecule has 0 bridgehead atoms. The highest BCUT2D eigenvalue weighted by Crippen LogP contribution is 2.04. The normalized spacial score (nSPS) is 12.5. The van der Waals surface area contributed by atoms with Crippen LogP contribution < -0.4 is 5.73 Å². The van der Waals surface area contributed by atoms with Crippen molar-refractivity contribution in [2.75, 3.05) is 0 Å². The number of rotatable bonds is 3. The monoisotopic (exact) mass is 139 g/mol. The second-order valence-corrected chi connectivity index (χ2v) is 2.87. The summed E-state index contributed by atoms with van der Waals surface area (Å²) in [7, 11) is 0. The van der Waals surface area contributed by atoms with Gasteiger partial charge in [-0.1, -0.05) is 13.8 Å². The minimum atomic E-state index is 0.320. The number of nitrogens with two attached hydrogens (primary N) is 1. The van der Waals surface area contributed by atoms with E-state index in [1.54, 1.807) is 0 Å². The van der Waals surface area contributed by atoms with Crippen LogP contribution in [-0.2, 0) is 0 Å². The molecular weight excluding hydrogens is 122 g/mol. The van der Waals surface area contributed by atoms with Gasteiger partial charge in [0.15, 0.2) is 0 Å². The Morgan fingerprint density at radius 3 is 2.40 bits per heavy atom. The molecular formula is C9H17N. The molecule has 0 aliphatic heterocycles. The van der Waals surface area contributed by atoms with Crippen LogP contribution in [0.3, 0.4) is 0 Å². The molecule has 0 amide bonds. The van der Waals surface area contributed by atoms with E-state index in [4.69, 9.17) is 5.73 Å². The first-order valence-electron chi connectivity index (χ1n) is 3.83. The summed E-state index contributed by atoms with van der Waals surface area (Å²) in [5.74, 6) is 6.44. The molecule has 0 aliphatic carbocycles. The van der Waals surface area contributed by atoms with E-state index >= 15 is 0 Å². The van der Waals surface area contributed by atoms with Crippen molar-refractivity contribution in [3.63, 3.8) is 0 Å². The molecule has 0 heterocycles. The van der Waals surface area contributed by atoms with Crippen molar-refractivity contribution in [2.45, 2.75) is 39.7 Å². The first kappa shape index (κ1) is 9.52. The molecule has 0 aliphatic rings. The fourth-order valence-corrected chi connectivity index (χ4v) is 0.697. The highest BCUT2D eigenvalue weighted by molar-refractivity contribution is 4.95. The molecule has 1 nitrogen and oxygen atoms in total. The van der Waals surface area contributed by atoms with E-state index in [1.165, 1.54) is 0 Å². The van der Waals surface area contributed by atoms with Gasteiger partial charge >= 0.3 is 0 Å². The van der Waals surface area contributed by atoms with Crippen LogP contribution >= 0.6 is 0 Å². The topological polar surface area (TPSA) is 26.0 Å². The van der Waals surface area contributed by atoms with Crippen LogP contribution in [0.25, 0.3) is 0 Å². The van der Waals surface area contributed by atoms with Gasteiger partial charge in [-0.15, -0.1) is 11.8 Å². The Hall–Kier alpha value is -0.480. The molecule has 0 radical (unpaired) electrons. The van der Waals surface area contributed by atoms with Crippen molar-refractivity contribution in [3.8, 4) is 11.8 Å². The van der Waals surface area contributed by atoms with Gasteiger partial charge in [-0.05, 0) is 19.3 Å². The van der Waals surface area contributed by atoms with Crippen LogP contribution in [0, 0.1) is 17.8 Å². The second kappa shape index (κ2) is 5.32. The minimum absolute atomic E-state index is 0.320. The van der Waals surface area contributed by atoms with E-state index in [9.17, 15) is 0 Å². The van der Waals surface area contributed by atoms with Crippen LogP contribution in [-0.4, -0.2) is 6.04 Å². The van der Waals surface area contributed by atoms with E-state index < -0.39 is 0 Å². The molecule has 0 aromatic rings. The van der Waals surface area contributed by atoms with Crippen molar-refractivity contribution >= 4 is 0 Å². The lowest BCUT2D eigenvalue weighted by molar-refractivity contribution is 0.469. The van der Waals surface area contributed by atoms with Crippen LogP contribution in [0.2, 0.25) is 0 Å². The Balaban J connectivity index is 3.36. The van der Waals surface area contributed by atoms with Crippen LogP contribution in [0.1, 0.15) is 33.6 Å². The molecule has 1 heteroatoms. The van der Waals surface area contributed by atoms with Crippen molar-refractivity contribution in [1.29, 1.82) is 0 Å². The second-order valence-electron chi connectivity index (χ2n) is 2.87. The summed E-state index contributed by atoms with van der Waals surface area (Å²) >= 11 is 0. The third-order valence-corrected chi connectivity index (χ3v) is 1.64. The molecule has 0 rings (SSSR count). The lowest BCUT2D eigenvalue weighted by Gasteiger charge is -2.12. The van der Waals surface area contributed by atoms with E-state index in [1.807, 2.05) is 6.92 Å². The predicted molar refractivity (Wildman–Crippen MR) is 45.5 cm³/mol. The first-order valence-corrected chi connectivity index (χ1v) is 3.83. The quantitative estimate of drug-likeness (QED) is 0.592. The van der Waals surface area contributed by atoms with Gasteiger partial charge in [0.05, 0.1) is 0 Å². The summed E-state index contributed by atoms with van der Waals surface area (Å²) in [5.41, 5.74) is 5.79. The molecule has 0 aromatic carbocycles. The third-order valence-electron chi connectivity index (χ3n) is 1.64. The van der Waals surface area contributed by atoms with E-state index in [0.29, 0.717) is 12.0 Å². The zero-order valence-corrected chi connectivity index (χ0v) is 7.15. The van der Waals surface area contributed by atoms with E-state index in [0.717, 1.165) is 12.8 Å². The van der Waals surface area contributed by atoms with Gasteiger partial charge < -0.3 is 5.73 Å². The van der Waals surface area contributed by atoms with Gasteiger partial charge in [0.1, 0.15) is 0 Å². The Morgan fingerprint density at radius 1 is 1.40 bits per heavy atom. The molecule has 0 fully saturated rings. The Morgan fingerprint density at radius 2 is 2.00 bits per heavy atom. The third kappa shape index (κ3) is 4.40. The molecule has 1 atom stereocenters. The van der Waals surface area contributed by atoms with Gasteiger partial charge in [-0.3, -0.25) is 0 Å². The molecule has 0 aromatic heterocycles. The zero-order chi connectivity index (χ0) is 7.98. The van der Waals surface area contributed by atoms with Crippen molar-refractivity contribution in [2.24, 2.45) is 11.7 Å². The lowest BCUT2D eigenvalue weighted by atomic mass is 10.0. The maximum atomic E-state index is 5.79. The van der Waals surface area contributed by atoms with Crippen LogP contribution in [0.15, 0.2) is 0 Å². The van der Waals surface area contributed by atoms with Crippen molar-refractivity contribution in [3.05, 3.63) is 0 Å². The summed E-state index contributed by atoms with van der Waals surface area (Å²) < 4.78 is 0. The molecule has 58 valence electrons. The summed E-state index contributed by atoms with van der Waals surface area (Å²) in [5, 5.41) is 0. The zero-order valence-electron chi connectivity index (χ0n) is 7.15. The van der Waals surface area contributed by atoms with Crippen molar-refractivity contribution < 1.29 is 0 Å². The average Bonchev–Trinajstić information content (AvgIpc) is 1.88. The fraction of sp³-hybridized carbons (Fsp3) is 0.778. The van der Waals surface area contributed by atoms with Gasteiger partial charge in [0.25, 0.3) is 0 Å². The molecule has 0 saturated carbocycles. The van der Waals surface area contributed by atoms with Crippen LogP contribution in [0.5, 0.6) is 0 Å².